The molecular formula is C35H48FN7O3Si. The molecule has 47 heavy (non-hydrogen) atoms. The van der Waals surface area contributed by atoms with Gasteiger partial charge in [0.05, 0.1) is 11.1 Å². The Morgan fingerprint density at radius 2 is 1.68 bits per heavy atom. The lowest BCUT2D eigenvalue weighted by Crippen LogP contribution is -2.70. The summed E-state index contributed by atoms with van der Waals surface area (Å²) >= 11 is 0. The van der Waals surface area contributed by atoms with E-state index in [4.69, 9.17) is 19.9 Å². The number of aromatic nitrogens is 3. The van der Waals surface area contributed by atoms with Gasteiger partial charge in [-0.2, -0.15) is 15.0 Å². The van der Waals surface area contributed by atoms with Gasteiger partial charge in [-0.1, -0.05) is 86.6 Å². The normalized spacial score (nSPS) is 25.9. The molecule has 3 aliphatic heterocycles. The number of ether oxygens (including phenoxy) is 1. The molecule has 3 atom stereocenters. The van der Waals surface area contributed by atoms with Gasteiger partial charge in [0.2, 0.25) is 17.6 Å². The molecule has 0 bridgehead atoms. The van der Waals surface area contributed by atoms with Crippen molar-refractivity contribution in [3.8, 4) is 6.01 Å². The largest absolute Gasteiger partial charge is 0.461 e. The standard InChI is InChI=1S/C35H48FN7O3Si/c1-33(2,3)47(27-14-7-5-8-15-27,28-16-9-6-10-17-28)46-34(4)18-11-12-20-42(24-34)31-38-30(29(37)41-44)39-32(40-31)45-25-35-19-13-21-43(35)23-26(36)22-35/h5-10,14-17,26,44H,11-13,18-25H2,1-4H3,(H2,37,41)/t26-,34?,35+/m1/s1. The Morgan fingerprint density at radius 3 is 2.32 bits per heavy atom. The first-order valence-corrected chi connectivity index (χ1v) is 18.7. The van der Waals surface area contributed by atoms with E-state index in [0.717, 1.165) is 38.6 Å². The predicted molar refractivity (Wildman–Crippen MR) is 184 cm³/mol. The highest BCUT2D eigenvalue weighted by Gasteiger charge is 2.54. The van der Waals surface area contributed by atoms with Crippen LogP contribution in [0, 0.1) is 0 Å². The third-order valence-electron chi connectivity index (χ3n) is 10.2. The van der Waals surface area contributed by atoms with E-state index in [0.29, 0.717) is 32.0 Å². The highest BCUT2D eigenvalue weighted by atomic mass is 28.4. The Morgan fingerprint density at radius 1 is 1.00 bits per heavy atom. The fourth-order valence-electron chi connectivity index (χ4n) is 8.00. The van der Waals surface area contributed by atoms with Crippen LogP contribution in [0.2, 0.25) is 5.04 Å². The minimum atomic E-state index is -2.87. The molecule has 3 aliphatic rings. The molecule has 1 unspecified atom stereocenters. The van der Waals surface area contributed by atoms with Crippen LogP contribution < -0.4 is 25.7 Å². The van der Waals surface area contributed by atoms with Crippen LogP contribution in [0.3, 0.4) is 0 Å². The summed E-state index contributed by atoms with van der Waals surface area (Å²) in [5, 5.41) is 15.0. The Hall–Kier alpha value is -3.61. The number of benzene rings is 2. The van der Waals surface area contributed by atoms with Gasteiger partial charge in [0.25, 0.3) is 8.32 Å². The quantitative estimate of drug-likeness (QED) is 0.114. The average Bonchev–Trinajstić information content (AvgIpc) is 3.51. The van der Waals surface area contributed by atoms with Crippen molar-refractivity contribution in [3.05, 3.63) is 66.5 Å². The van der Waals surface area contributed by atoms with Crippen molar-refractivity contribution in [2.45, 2.75) is 88.6 Å². The zero-order chi connectivity index (χ0) is 33.3. The summed E-state index contributed by atoms with van der Waals surface area (Å²) in [7, 11) is -2.87. The molecule has 0 spiro atoms. The van der Waals surface area contributed by atoms with Gasteiger partial charge in [-0.15, -0.1) is 0 Å². The number of oxime groups is 1. The number of nitrogens with two attached hydrogens (primary N) is 1. The van der Waals surface area contributed by atoms with Crippen LogP contribution in [-0.2, 0) is 4.43 Å². The number of nitrogens with zero attached hydrogens (tertiary/aromatic N) is 6. The number of alkyl halides is 1. The Kier molecular flexibility index (Phi) is 9.29. The van der Waals surface area contributed by atoms with Crippen LogP contribution in [0.1, 0.15) is 72.0 Å². The van der Waals surface area contributed by atoms with E-state index in [9.17, 15) is 9.60 Å². The molecule has 3 fully saturated rings. The van der Waals surface area contributed by atoms with E-state index in [1.54, 1.807) is 0 Å². The molecular weight excluding hydrogens is 614 g/mol. The molecule has 4 heterocycles. The van der Waals surface area contributed by atoms with Crippen LogP contribution in [0.4, 0.5) is 10.3 Å². The summed E-state index contributed by atoms with van der Waals surface area (Å²) in [5.74, 6) is 0.179. The van der Waals surface area contributed by atoms with Crippen molar-refractivity contribution in [3.63, 3.8) is 0 Å². The van der Waals surface area contributed by atoms with E-state index in [1.165, 1.54) is 10.4 Å². The zero-order valence-corrected chi connectivity index (χ0v) is 29.0. The van der Waals surface area contributed by atoms with E-state index in [-0.39, 0.29) is 34.9 Å². The lowest BCUT2D eigenvalue weighted by Gasteiger charge is -2.49. The van der Waals surface area contributed by atoms with Gasteiger partial charge in [-0.05, 0) is 61.0 Å². The topological polar surface area (TPSA) is 122 Å². The molecule has 3 aromatic rings. The Labute approximate surface area is 278 Å². The van der Waals surface area contributed by atoms with Crippen molar-refractivity contribution >= 4 is 30.5 Å². The van der Waals surface area contributed by atoms with Crippen LogP contribution >= 0.6 is 0 Å². The lowest BCUT2D eigenvalue weighted by molar-refractivity contribution is 0.0772. The van der Waals surface area contributed by atoms with Crippen LogP contribution in [0.5, 0.6) is 6.01 Å². The molecule has 3 saturated heterocycles. The van der Waals surface area contributed by atoms with Crippen molar-refractivity contribution in [2.75, 3.05) is 37.7 Å². The van der Waals surface area contributed by atoms with Crippen LogP contribution in [0.25, 0.3) is 0 Å². The first-order valence-electron chi connectivity index (χ1n) is 16.8. The molecule has 6 rings (SSSR count). The highest BCUT2D eigenvalue weighted by Crippen LogP contribution is 2.42. The second-order valence-electron chi connectivity index (χ2n) is 14.7. The minimum Gasteiger partial charge on any atom is -0.461 e. The smallest absolute Gasteiger partial charge is 0.321 e. The number of rotatable bonds is 9. The fraction of sp³-hybridized carbons (Fsp3) is 0.543. The van der Waals surface area contributed by atoms with Crippen LogP contribution in [-0.4, -0.2) is 89.3 Å². The molecule has 2 aromatic carbocycles. The van der Waals surface area contributed by atoms with Gasteiger partial charge in [0.15, 0.2) is 0 Å². The van der Waals surface area contributed by atoms with Crippen molar-refractivity contribution in [2.24, 2.45) is 10.9 Å². The summed E-state index contributed by atoms with van der Waals surface area (Å²) in [6, 6.07) is 21.4. The van der Waals surface area contributed by atoms with Crippen molar-refractivity contribution in [1.82, 2.24) is 19.9 Å². The number of hydrogen-bond acceptors (Lipinski definition) is 9. The maximum Gasteiger partial charge on any atom is 0.321 e. The first kappa shape index (κ1) is 33.3. The molecule has 0 saturated carbocycles. The summed E-state index contributed by atoms with van der Waals surface area (Å²) in [6.45, 7) is 11.8. The molecule has 0 amide bonds. The predicted octanol–water partition coefficient (Wildman–Crippen LogP) is 4.25. The molecule has 1 aromatic heterocycles. The van der Waals surface area contributed by atoms with Gasteiger partial charge in [0, 0.05) is 26.1 Å². The third kappa shape index (κ3) is 6.60. The van der Waals surface area contributed by atoms with E-state index in [2.05, 4.69) is 113 Å². The number of halogens is 1. The monoisotopic (exact) mass is 661 g/mol. The molecule has 0 radical (unpaired) electrons. The van der Waals surface area contributed by atoms with Gasteiger partial charge >= 0.3 is 6.01 Å². The fourth-order valence-corrected chi connectivity index (χ4v) is 12.8. The van der Waals surface area contributed by atoms with Gasteiger partial charge in [-0.3, -0.25) is 4.90 Å². The minimum absolute atomic E-state index is 0.0296. The molecule has 12 heteroatoms. The van der Waals surface area contributed by atoms with E-state index < -0.39 is 20.1 Å². The lowest BCUT2D eigenvalue weighted by atomic mass is 9.95. The molecule has 252 valence electrons. The first-order chi connectivity index (χ1) is 22.5. The zero-order valence-electron chi connectivity index (χ0n) is 28.0. The molecule has 10 nitrogen and oxygen atoms in total. The summed E-state index contributed by atoms with van der Waals surface area (Å²) < 4.78 is 28.4. The number of fused-ring (bicyclic) bond motifs is 1. The number of anilines is 1. The van der Waals surface area contributed by atoms with E-state index >= 15 is 0 Å². The highest BCUT2D eigenvalue weighted by molar-refractivity contribution is 6.99. The average molecular weight is 662 g/mol. The summed E-state index contributed by atoms with van der Waals surface area (Å²) in [6.07, 6.45) is 4.17. The molecule has 3 N–H and O–H groups in total. The van der Waals surface area contributed by atoms with Gasteiger partial charge < -0.3 is 25.0 Å². The Bertz CT molecular complexity index is 1520. The number of hydrogen-bond donors (Lipinski definition) is 2. The number of amidine groups is 1. The second kappa shape index (κ2) is 13.1. The van der Waals surface area contributed by atoms with Gasteiger partial charge in [0.1, 0.15) is 12.8 Å². The van der Waals surface area contributed by atoms with E-state index in [1.807, 2.05) is 0 Å². The summed E-state index contributed by atoms with van der Waals surface area (Å²) in [5.41, 5.74) is 5.10. The van der Waals surface area contributed by atoms with Crippen molar-refractivity contribution in [1.29, 1.82) is 0 Å². The maximum absolute atomic E-state index is 14.4. The second-order valence-corrected chi connectivity index (χ2v) is 18.9. The Balaban J connectivity index is 1.35. The third-order valence-corrected chi connectivity index (χ3v) is 15.4. The SMILES string of the molecule is CC1(O[Si](c2ccccc2)(c2ccccc2)C(C)(C)C)CCCCN(c2nc(OC[C@@]34CCCN3C[C@H](F)C4)nc(/C(N)=N/O)n2)C1. The van der Waals surface area contributed by atoms with Crippen molar-refractivity contribution < 1.29 is 18.8 Å². The molecule has 0 aliphatic carbocycles. The van der Waals surface area contributed by atoms with Crippen LogP contribution in [0.15, 0.2) is 65.8 Å². The van der Waals surface area contributed by atoms with Gasteiger partial charge in [-0.25, -0.2) is 4.39 Å². The summed E-state index contributed by atoms with van der Waals surface area (Å²) in [4.78, 5) is 18.1. The maximum atomic E-state index is 14.4.